The minimum absolute atomic E-state index is 0.213. The summed E-state index contributed by atoms with van der Waals surface area (Å²) in [5.41, 5.74) is 4.11. The fourth-order valence-electron chi connectivity index (χ4n) is 1.60. The SMILES string of the molecule is CCC(NC(=O)C(C)C(=O)O)(C(N)=O)C(C)C. The minimum Gasteiger partial charge on any atom is -0.481 e. The number of carbonyl (C=O) groups is 3. The molecule has 0 radical (unpaired) electrons. The maximum atomic E-state index is 11.7. The third-order valence-electron chi connectivity index (χ3n) is 3.09. The van der Waals surface area contributed by atoms with Crippen molar-refractivity contribution in [2.24, 2.45) is 17.6 Å². The Hall–Kier alpha value is -1.59. The normalized spacial score (nSPS) is 16.1. The highest BCUT2D eigenvalue weighted by molar-refractivity contribution is 5.99. The van der Waals surface area contributed by atoms with Gasteiger partial charge in [0.25, 0.3) is 0 Å². The molecule has 0 aliphatic carbocycles. The summed E-state index contributed by atoms with van der Waals surface area (Å²) in [5, 5.41) is 11.2. The topological polar surface area (TPSA) is 109 Å². The van der Waals surface area contributed by atoms with Gasteiger partial charge < -0.3 is 16.2 Å². The predicted molar refractivity (Wildman–Crippen MR) is 62.0 cm³/mol. The average Bonchev–Trinajstić information content (AvgIpc) is 2.23. The van der Waals surface area contributed by atoms with E-state index in [0.717, 1.165) is 0 Å². The minimum atomic E-state index is -1.24. The van der Waals surface area contributed by atoms with Crippen molar-refractivity contribution in [2.75, 3.05) is 0 Å². The van der Waals surface area contributed by atoms with Gasteiger partial charge in [-0.3, -0.25) is 14.4 Å². The Morgan fingerprint density at radius 2 is 1.76 bits per heavy atom. The number of hydrogen-bond acceptors (Lipinski definition) is 3. The van der Waals surface area contributed by atoms with Gasteiger partial charge in [-0.15, -0.1) is 0 Å². The average molecular weight is 244 g/mol. The maximum Gasteiger partial charge on any atom is 0.315 e. The van der Waals surface area contributed by atoms with Gasteiger partial charge in [-0.2, -0.15) is 0 Å². The Bertz CT molecular complexity index is 327. The van der Waals surface area contributed by atoms with Gasteiger partial charge in [0.05, 0.1) is 0 Å². The van der Waals surface area contributed by atoms with Gasteiger partial charge in [-0.25, -0.2) is 0 Å². The molecule has 2 unspecified atom stereocenters. The molecule has 0 aromatic heterocycles. The van der Waals surface area contributed by atoms with Crippen molar-refractivity contribution in [1.82, 2.24) is 5.32 Å². The number of aliphatic carboxylic acids is 1. The standard InChI is InChI=1S/C11H20N2O4/c1-5-11(6(2)3,10(12)17)13-8(14)7(4)9(15)16/h6-7H,5H2,1-4H3,(H2,12,17)(H,13,14)(H,15,16). The van der Waals surface area contributed by atoms with E-state index < -0.39 is 29.2 Å². The number of rotatable bonds is 6. The molecule has 6 nitrogen and oxygen atoms in total. The fourth-order valence-corrected chi connectivity index (χ4v) is 1.60. The molecular formula is C11H20N2O4. The van der Waals surface area contributed by atoms with Crippen molar-refractivity contribution in [2.45, 2.75) is 39.7 Å². The van der Waals surface area contributed by atoms with Crippen LogP contribution < -0.4 is 11.1 Å². The summed E-state index contributed by atoms with van der Waals surface area (Å²) in [6.07, 6.45) is 0.318. The molecule has 0 saturated heterocycles. The molecule has 17 heavy (non-hydrogen) atoms. The number of nitrogens with one attached hydrogen (secondary N) is 1. The van der Waals surface area contributed by atoms with Crippen LogP contribution in [0.2, 0.25) is 0 Å². The summed E-state index contributed by atoms with van der Waals surface area (Å²) in [6.45, 7) is 6.48. The van der Waals surface area contributed by atoms with Crippen LogP contribution in [0.5, 0.6) is 0 Å². The molecule has 0 rings (SSSR count). The van der Waals surface area contributed by atoms with E-state index in [4.69, 9.17) is 10.8 Å². The molecule has 0 bridgehead atoms. The number of carboxylic acids is 1. The van der Waals surface area contributed by atoms with Gasteiger partial charge in [0.15, 0.2) is 0 Å². The van der Waals surface area contributed by atoms with Crippen molar-refractivity contribution < 1.29 is 19.5 Å². The van der Waals surface area contributed by atoms with E-state index in [0.29, 0.717) is 6.42 Å². The molecule has 4 N–H and O–H groups in total. The first-order chi connectivity index (χ1) is 7.69. The van der Waals surface area contributed by atoms with E-state index in [1.807, 2.05) is 0 Å². The van der Waals surface area contributed by atoms with Crippen LogP contribution in [0.1, 0.15) is 34.1 Å². The Balaban J connectivity index is 5.07. The predicted octanol–water partition coefficient (Wildman–Crippen LogP) is 0.113. The van der Waals surface area contributed by atoms with E-state index in [9.17, 15) is 14.4 Å². The van der Waals surface area contributed by atoms with Gasteiger partial charge in [0, 0.05) is 0 Å². The number of carboxylic acid groups (broad SMARTS) is 1. The number of carbonyl (C=O) groups excluding carboxylic acids is 2. The van der Waals surface area contributed by atoms with Crippen LogP contribution in [-0.2, 0) is 14.4 Å². The van der Waals surface area contributed by atoms with Crippen LogP contribution in [0.25, 0.3) is 0 Å². The Kier molecular flexibility index (Phi) is 5.12. The second-order valence-electron chi connectivity index (χ2n) is 4.39. The summed E-state index contributed by atoms with van der Waals surface area (Å²) in [5.74, 6) is -4.01. The largest absolute Gasteiger partial charge is 0.481 e. The summed E-state index contributed by atoms with van der Waals surface area (Å²) in [6, 6.07) is 0. The van der Waals surface area contributed by atoms with Crippen LogP contribution in [-0.4, -0.2) is 28.4 Å². The fraction of sp³-hybridized carbons (Fsp3) is 0.727. The lowest BCUT2D eigenvalue weighted by Crippen LogP contribution is -2.61. The van der Waals surface area contributed by atoms with E-state index in [1.54, 1.807) is 20.8 Å². The molecule has 0 aliphatic rings. The smallest absolute Gasteiger partial charge is 0.315 e. The highest BCUT2D eigenvalue weighted by atomic mass is 16.4. The second kappa shape index (κ2) is 5.65. The zero-order chi connectivity index (χ0) is 13.8. The van der Waals surface area contributed by atoms with Crippen molar-refractivity contribution in [1.29, 1.82) is 0 Å². The first-order valence-electron chi connectivity index (χ1n) is 5.53. The zero-order valence-corrected chi connectivity index (χ0v) is 10.6. The van der Waals surface area contributed by atoms with Crippen LogP contribution in [0.4, 0.5) is 0 Å². The second-order valence-corrected chi connectivity index (χ2v) is 4.39. The Morgan fingerprint density at radius 3 is 2.00 bits per heavy atom. The number of amides is 2. The Labute approximate surface area is 101 Å². The number of hydrogen-bond donors (Lipinski definition) is 3. The molecule has 2 amide bonds. The van der Waals surface area contributed by atoms with Crippen LogP contribution in [0.3, 0.4) is 0 Å². The highest BCUT2D eigenvalue weighted by Crippen LogP contribution is 2.21. The van der Waals surface area contributed by atoms with Gasteiger partial charge in [-0.05, 0) is 19.3 Å². The van der Waals surface area contributed by atoms with Crippen molar-refractivity contribution in [3.05, 3.63) is 0 Å². The molecule has 0 saturated carbocycles. The molecular weight excluding hydrogens is 224 g/mol. The van der Waals surface area contributed by atoms with E-state index in [-0.39, 0.29) is 5.92 Å². The third kappa shape index (κ3) is 3.18. The lowest BCUT2D eigenvalue weighted by Gasteiger charge is -2.35. The number of primary amides is 1. The molecule has 6 heteroatoms. The highest BCUT2D eigenvalue weighted by Gasteiger charge is 2.41. The van der Waals surface area contributed by atoms with Crippen LogP contribution in [0, 0.1) is 11.8 Å². The molecule has 0 aromatic carbocycles. The molecule has 0 aromatic rings. The van der Waals surface area contributed by atoms with Gasteiger partial charge in [0.2, 0.25) is 11.8 Å². The van der Waals surface area contributed by atoms with E-state index in [1.165, 1.54) is 6.92 Å². The summed E-state index contributed by atoms with van der Waals surface area (Å²) in [7, 11) is 0. The molecule has 2 atom stereocenters. The van der Waals surface area contributed by atoms with Crippen molar-refractivity contribution in [3.8, 4) is 0 Å². The first-order valence-corrected chi connectivity index (χ1v) is 5.53. The van der Waals surface area contributed by atoms with Gasteiger partial charge in [0.1, 0.15) is 11.5 Å². The molecule has 0 spiro atoms. The molecule has 0 aliphatic heterocycles. The quantitative estimate of drug-likeness (QED) is 0.576. The monoisotopic (exact) mass is 244 g/mol. The van der Waals surface area contributed by atoms with Crippen molar-refractivity contribution >= 4 is 17.8 Å². The Morgan fingerprint density at radius 1 is 1.29 bits per heavy atom. The first kappa shape index (κ1) is 15.4. The lowest BCUT2D eigenvalue weighted by atomic mass is 9.82. The third-order valence-corrected chi connectivity index (χ3v) is 3.09. The molecule has 0 heterocycles. The van der Waals surface area contributed by atoms with Gasteiger partial charge in [-0.1, -0.05) is 20.8 Å². The van der Waals surface area contributed by atoms with Crippen molar-refractivity contribution in [3.63, 3.8) is 0 Å². The summed E-state index contributed by atoms with van der Waals surface area (Å²) >= 11 is 0. The van der Waals surface area contributed by atoms with E-state index in [2.05, 4.69) is 5.32 Å². The number of nitrogens with two attached hydrogens (primary N) is 1. The van der Waals surface area contributed by atoms with Crippen LogP contribution in [0.15, 0.2) is 0 Å². The van der Waals surface area contributed by atoms with E-state index >= 15 is 0 Å². The van der Waals surface area contributed by atoms with Crippen LogP contribution >= 0.6 is 0 Å². The maximum absolute atomic E-state index is 11.7. The summed E-state index contributed by atoms with van der Waals surface area (Å²) in [4.78, 5) is 33.8. The molecule has 0 fully saturated rings. The zero-order valence-electron chi connectivity index (χ0n) is 10.6. The lowest BCUT2D eigenvalue weighted by molar-refractivity contribution is -0.148. The molecule has 98 valence electrons. The summed E-state index contributed by atoms with van der Waals surface area (Å²) < 4.78 is 0. The van der Waals surface area contributed by atoms with Gasteiger partial charge >= 0.3 is 5.97 Å².